The fourth-order valence-corrected chi connectivity index (χ4v) is 1.14. The van der Waals surface area contributed by atoms with Crippen LogP contribution in [0.25, 0.3) is 0 Å². The highest BCUT2D eigenvalue weighted by molar-refractivity contribution is 5.27. The summed E-state index contributed by atoms with van der Waals surface area (Å²) in [5.41, 5.74) is 1.10. The number of rotatable bonds is 6. The van der Waals surface area contributed by atoms with E-state index in [1.54, 1.807) is 0 Å². The van der Waals surface area contributed by atoms with Crippen molar-refractivity contribution in [1.29, 1.82) is 0 Å². The Hall–Kier alpha value is -1.06. The quantitative estimate of drug-likeness (QED) is 0.667. The van der Waals surface area contributed by atoms with Crippen LogP contribution in [0.4, 0.5) is 0 Å². The van der Waals surface area contributed by atoms with Gasteiger partial charge in [0, 0.05) is 19.6 Å². The van der Waals surface area contributed by atoms with Crippen LogP contribution in [0.1, 0.15) is 12.0 Å². The van der Waals surface area contributed by atoms with Gasteiger partial charge in [-0.3, -0.25) is 0 Å². The van der Waals surface area contributed by atoms with Crippen LogP contribution in [0.2, 0.25) is 0 Å². The van der Waals surface area contributed by atoms with Gasteiger partial charge in [0.15, 0.2) is 0 Å². The predicted molar refractivity (Wildman–Crippen MR) is 54.4 cm³/mol. The van der Waals surface area contributed by atoms with Gasteiger partial charge in [0.25, 0.3) is 0 Å². The third kappa shape index (κ3) is 3.77. The summed E-state index contributed by atoms with van der Waals surface area (Å²) in [4.78, 5) is 0. The number of hydrogen-bond acceptors (Lipinski definition) is 3. The van der Waals surface area contributed by atoms with Gasteiger partial charge in [-0.2, -0.15) is 0 Å². The van der Waals surface area contributed by atoms with Crippen LogP contribution >= 0.6 is 0 Å². The Morgan fingerprint density at radius 2 is 1.71 bits per heavy atom. The van der Waals surface area contributed by atoms with E-state index in [2.05, 4.69) is 0 Å². The normalized spacial score (nSPS) is 10.1. The lowest BCUT2D eigenvalue weighted by Gasteiger charge is -2.05. The van der Waals surface area contributed by atoms with Gasteiger partial charge < -0.3 is 14.9 Å². The first-order valence-corrected chi connectivity index (χ1v) is 4.80. The Morgan fingerprint density at radius 1 is 1.00 bits per heavy atom. The molecule has 0 aliphatic carbocycles. The SMILES string of the molecule is OCCCOc1ccc(CCO)cc1. The maximum absolute atomic E-state index is 8.70. The van der Waals surface area contributed by atoms with Crippen molar-refractivity contribution in [2.24, 2.45) is 0 Å². The molecular formula is C11H16O3. The van der Waals surface area contributed by atoms with Gasteiger partial charge in [-0.15, -0.1) is 0 Å². The van der Waals surface area contributed by atoms with Crippen molar-refractivity contribution >= 4 is 0 Å². The van der Waals surface area contributed by atoms with Crippen molar-refractivity contribution in [1.82, 2.24) is 0 Å². The van der Waals surface area contributed by atoms with Crippen LogP contribution in [-0.2, 0) is 6.42 Å². The van der Waals surface area contributed by atoms with Crippen molar-refractivity contribution in [3.8, 4) is 5.75 Å². The van der Waals surface area contributed by atoms with Crippen LogP contribution in [0, 0.1) is 0 Å². The Labute approximate surface area is 84.0 Å². The molecule has 0 atom stereocenters. The van der Waals surface area contributed by atoms with Gasteiger partial charge in [0.1, 0.15) is 5.75 Å². The standard InChI is InChI=1S/C11H16O3/c12-7-1-9-14-11-4-2-10(3-5-11)6-8-13/h2-5,12-13H,1,6-9H2. The fourth-order valence-electron chi connectivity index (χ4n) is 1.14. The summed E-state index contributed by atoms with van der Waals surface area (Å²) in [5, 5.41) is 17.3. The van der Waals surface area contributed by atoms with Crippen molar-refractivity contribution in [2.45, 2.75) is 12.8 Å². The Morgan fingerprint density at radius 3 is 2.29 bits per heavy atom. The molecule has 0 radical (unpaired) electrons. The molecule has 1 rings (SSSR count). The van der Waals surface area contributed by atoms with Crippen molar-refractivity contribution in [3.05, 3.63) is 29.8 Å². The van der Waals surface area contributed by atoms with Crippen molar-refractivity contribution in [3.63, 3.8) is 0 Å². The van der Waals surface area contributed by atoms with E-state index in [4.69, 9.17) is 14.9 Å². The van der Waals surface area contributed by atoms with Gasteiger partial charge in [-0.05, 0) is 24.1 Å². The van der Waals surface area contributed by atoms with E-state index in [-0.39, 0.29) is 13.2 Å². The van der Waals surface area contributed by atoms with E-state index < -0.39 is 0 Å². The molecule has 3 nitrogen and oxygen atoms in total. The van der Waals surface area contributed by atoms with Crippen LogP contribution in [0.3, 0.4) is 0 Å². The third-order valence-electron chi connectivity index (χ3n) is 1.90. The second-order valence-electron chi connectivity index (χ2n) is 3.04. The van der Waals surface area contributed by atoms with Crippen LogP contribution in [0.15, 0.2) is 24.3 Å². The molecule has 78 valence electrons. The zero-order valence-corrected chi connectivity index (χ0v) is 8.15. The number of benzene rings is 1. The topological polar surface area (TPSA) is 49.7 Å². The zero-order chi connectivity index (χ0) is 10.2. The van der Waals surface area contributed by atoms with Crippen molar-refractivity contribution in [2.75, 3.05) is 19.8 Å². The number of hydrogen-bond donors (Lipinski definition) is 2. The molecule has 0 heterocycles. The molecule has 3 heteroatoms. The first kappa shape index (κ1) is 11.0. The minimum absolute atomic E-state index is 0.155. The van der Waals surface area contributed by atoms with Crippen LogP contribution in [-0.4, -0.2) is 30.0 Å². The lowest BCUT2D eigenvalue weighted by molar-refractivity contribution is 0.233. The zero-order valence-electron chi connectivity index (χ0n) is 8.15. The second-order valence-corrected chi connectivity index (χ2v) is 3.04. The highest BCUT2D eigenvalue weighted by Gasteiger charge is 1.94. The monoisotopic (exact) mass is 196 g/mol. The molecule has 0 aliphatic heterocycles. The van der Waals surface area contributed by atoms with E-state index in [9.17, 15) is 0 Å². The molecule has 0 spiro atoms. The minimum atomic E-state index is 0.155. The van der Waals surface area contributed by atoms with Crippen LogP contribution in [0.5, 0.6) is 5.75 Å². The Balaban J connectivity index is 2.38. The van der Waals surface area contributed by atoms with Gasteiger partial charge in [-0.1, -0.05) is 12.1 Å². The second kappa shape index (κ2) is 6.40. The molecule has 0 bridgehead atoms. The molecule has 0 saturated carbocycles. The van der Waals surface area contributed by atoms with Gasteiger partial charge in [0.05, 0.1) is 6.61 Å². The minimum Gasteiger partial charge on any atom is -0.494 e. The van der Waals surface area contributed by atoms with E-state index >= 15 is 0 Å². The molecule has 0 saturated heterocycles. The molecule has 2 N–H and O–H groups in total. The Bertz CT molecular complexity index is 243. The van der Waals surface area contributed by atoms with E-state index in [1.807, 2.05) is 24.3 Å². The average molecular weight is 196 g/mol. The summed E-state index contributed by atoms with van der Waals surface area (Å²) >= 11 is 0. The van der Waals surface area contributed by atoms with Gasteiger partial charge >= 0.3 is 0 Å². The molecule has 0 aliphatic rings. The largest absolute Gasteiger partial charge is 0.494 e. The molecule has 0 aromatic heterocycles. The van der Waals surface area contributed by atoms with E-state index in [0.717, 1.165) is 11.3 Å². The molecule has 1 aromatic rings. The number of aliphatic hydroxyl groups is 2. The summed E-state index contributed by atoms with van der Waals surface area (Å²) < 4.78 is 5.36. The smallest absolute Gasteiger partial charge is 0.119 e. The summed E-state index contributed by atoms with van der Waals surface area (Å²) in [6.07, 6.45) is 1.33. The summed E-state index contributed by atoms with van der Waals surface area (Å²) in [6, 6.07) is 7.62. The van der Waals surface area contributed by atoms with E-state index in [1.165, 1.54) is 0 Å². The highest BCUT2D eigenvalue weighted by Crippen LogP contribution is 2.12. The Kier molecular flexibility index (Phi) is 5.04. The molecule has 0 amide bonds. The molecule has 14 heavy (non-hydrogen) atoms. The first-order valence-electron chi connectivity index (χ1n) is 4.80. The summed E-state index contributed by atoms with van der Waals surface area (Å²) in [5.74, 6) is 0.806. The number of ether oxygens (including phenoxy) is 1. The number of aliphatic hydroxyl groups excluding tert-OH is 2. The molecule has 0 fully saturated rings. The van der Waals surface area contributed by atoms with E-state index in [0.29, 0.717) is 19.4 Å². The van der Waals surface area contributed by atoms with Gasteiger partial charge in [0.2, 0.25) is 0 Å². The maximum atomic E-state index is 8.70. The first-order chi connectivity index (χ1) is 6.86. The van der Waals surface area contributed by atoms with Gasteiger partial charge in [-0.25, -0.2) is 0 Å². The summed E-state index contributed by atoms with van der Waals surface area (Å²) in [6.45, 7) is 0.864. The summed E-state index contributed by atoms with van der Waals surface area (Å²) in [7, 11) is 0. The highest BCUT2D eigenvalue weighted by atomic mass is 16.5. The maximum Gasteiger partial charge on any atom is 0.119 e. The lowest BCUT2D eigenvalue weighted by Crippen LogP contribution is -1.99. The molecule has 0 unspecified atom stereocenters. The lowest BCUT2D eigenvalue weighted by atomic mass is 10.1. The third-order valence-corrected chi connectivity index (χ3v) is 1.90. The molecular weight excluding hydrogens is 180 g/mol. The average Bonchev–Trinajstić information content (AvgIpc) is 2.21. The molecule has 1 aromatic carbocycles. The van der Waals surface area contributed by atoms with Crippen LogP contribution < -0.4 is 4.74 Å². The van der Waals surface area contributed by atoms with Crippen molar-refractivity contribution < 1.29 is 14.9 Å². The fraction of sp³-hybridized carbons (Fsp3) is 0.455. The predicted octanol–water partition coefficient (Wildman–Crippen LogP) is 0.983.